The van der Waals surface area contributed by atoms with Crippen molar-refractivity contribution in [2.75, 3.05) is 33.1 Å². The largest absolute Gasteiger partial charge is 0.478 e. The number of benzene rings is 3. The number of hydrogen-bond donors (Lipinski definition) is 1. The second kappa shape index (κ2) is 8.94. The molecule has 0 spiro atoms. The molecule has 1 aliphatic carbocycles. The van der Waals surface area contributed by atoms with Gasteiger partial charge >= 0.3 is 5.97 Å². The van der Waals surface area contributed by atoms with Crippen LogP contribution in [-0.4, -0.2) is 39.3 Å². The molecule has 4 rings (SSSR count). The minimum Gasteiger partial charge on any atom is -0.478 e. The van der Waals surface area contributed by atoms with Crippen molar-refractivity contribution in [1.29, 1.82) is 0 Å². The normalized spacial score (nSPS) is 10.9. The topological polar surface area (TPSA) is 92.3 Å². The van der Waals surface area contributed by atoms with E-state index in [0.29, 0.717) is 20.5 Å². The molecule has 1 N–H and O–H groups in total. The molecule has 0 atom stereocenters. The zero-order chi connectivity index (χ0) is 25.6. The molecule has 35 heavy (non-hydrogen) atoms. The van der Waals surface area contributed by atoms with Gasteiger partial charge in [0.25, 0.3) is 0 Å². The fraction of sp³-hybridized carbons (Fsp3) is 0.167. The zero-order valence-electron chi connectivity index (χ0n) is 19.1. The molecule has 0 amide bonds. The Balaban J connectivity index is 2.32. The number of aromatic carboxylic acids is 1. The first-order valence-corrected chi connectivity index (χ1v) is 11.1. The Labute approximate surface area is 201 Å². The minimum atomic E-state index is -1.86. The van der Waals surface area contributed by atoms with Crippen LogP contribution in [0.15, 0.2) is 41.5 Å². The molecular formula is C24H19F3N5O2S+. The maximum atomic E-state index is 15.7. The fourth-order valence-electron chi connectivity index (χ4n) is 3.91. The molecule has 1 heterocycles. The van der Waals surface area contributed by atoms with Gasteiger partial charge in [-0.3, -0.25) is 0 Å². The van der Waals surface area contributed by atoms with Crippen LogP contribution in [0.4, 0.5) is 24.5 Å². The Bertz CT molecular complexity index is 1620. The molecule has 2 aromatic rings. The van der Waals surface area contributed by atoms with E-state index in [1.54, 1.807) is 24.3 Å². The monoisotopic (exact) mass is 498 g/mol. The van der Waals surface area contributed by atoms with E-state index in [-0.39, 0.29) is 5.56 Å². The highest BCUT2D eigenvalue weighted by atomic mass is 32.1. The average molecular weight is 499 g/mol. The molecule has 0 fully saturated rings. The SMILES string of the molecule is CN(C)c1ccc2c(-c3c(F)c(N=[N+]=[N-])c(F)c(F)c3C(=O)O)c3ccc(=[N+](C)C)cc-3sc2c1. The number of rotatable bonds is 4. The maximum Gasteiger partial charge on any atom is 0.339 e. The number of fused-ring (bicyclic) bond motifs is 2. The Morgan fingerprint density at radius 2 is 1.77 bits per heavy atom. The molecule has 0 radical (unpaired) electrons. The second-order valence-electron chi connectivity index (χ2n) is 8.16. The lowest BCUT2D eigenvalue weighted by molar-refractivity contribution is 0.0691. The van der Waals surface area contributed by atoms with Crippen LogP contribution in [0.25, 0.3) is 42.1 Å². The first-order chi connectivity index (χ1) is 16.6. The minimum absolute atomic E-state index is 0.0625. The van der Waals surface area contributed by atoms with Crippen LogP contribution in [0.3, 0.4) is 0 Å². The summed E-state index contributed by atoms with van der Waals surface area (Å²) in [6, 6.07) is 10.6. The van der Waals surface area contributed by atoms with Crippen LogP contribution >= 0.6 is 11.3 Å². The van der Waals surface area contributed by atoms with Gasteiger partial charge in [0.15, 0.2) is 11.6 Å². The van der Waals surface area contributed by atoms with Crippen LogP contribution in [0.5, 0.6) is 0 Å². The zero-order valence-corrected chi connectivity index (χ0v) is 19.9. The number of carboxylic acid groups (broad SMARTS) is 1. The van der Waals surface area contributed by atoms with Crippen LogP contribution in [0.1, 0.15) is 10.4 Å². The molecule has 0 saturated carbocycles. The summed E-state index contributed by atoms with van der Waals surface area (Å²) in [5.74, 6) is -6.98. The smallest absolute Gasteiger partial charge is 0.339 e. The van der Waals surface area contributed by atoms with Gasteiger partial charge in [-0.25, -0.2) is 22.5 Å². The van der Waals surface area contributed by atoms with Gasteiger partial charge in [0, 0.05) is 68.5 Å². The number of nitrogens with zero attached hydrogens (tertiary/aromatic N) is 5. The third kappa shape index (κ3) is 3.94. The van der Waals surface area contributed by atoms with Gasteiger partial charge in [0.1, 0.15) is 31.2 Å². The summed E-state index contributed by atoms with van der Waals surface area (Å²) in [7, 11) is 7.40. The standard InChI is InChI=1S/C24H18F3N5O2S/c1-31(2)11-5-7-13-15(9-11)35-16-10-12(32(3)4)6-8-14(16)17(13)18-19(24(33)34)20(25)22(27)23(21(18)26)29-30-28/h5-10H,1-4H3/p+1. The molecule has 0 bridgehead atoms. The van der Waals surface area contributed by atoms with E-state index in [9.17, 15) is 18.7 Å². The Hall–Kier alpha value is -4.08. The van der Waals surface area contributed by atoms with Crippen molar-refractivity contribution in [3.8, 4) is 21.6 Å². The van der Waals surface area contributed by atoms with E-state index in [1.807, 2.05) is 49.8 Å². The highest BCUT2D eigenvalue weighted by molar-refractivity contribution is 7.21. The van der Waals surface area contributed by atoms with Crippen molar-refractivity contribution in [2.24, 2.45) is 5.11 Å². The summed E-state index contributed by atoms with van der Waals surface area (Å²) < 4.78 is 47.8. The molecule has 7 nitrogen and oxygen atoms in total. The van der Waals surface area contributed by atoms with Crippen LogP contribution < -0.4 is 14.8 Å². The molecule has 0 aromatic heterocycles. The summed E-state index contributed by atoms with van der Waals surface area (Å²) in [6.45, 7) is 0. The summed E-state index contributed by atoms with van der Waals surface area (Å²) in [5, 5.41) is 14.0. The first kappa shape index (κ1) is 24.1. The van der Waals surface area contributed by atoms with Crippen molar-refractivity contribution in [3.05, 3.63) is 75.2 Å². The molecule has 0 saturated heterocycles. The van der Waals surface area contributed by atoms with Gasteiger partial charge < -0.3 is 10.0 Å². The van der Waals surface area contributed by atoms with Crippen molar-refractivity contribution in [1.82, 2.24) is 4.58 Å². The molecule has 2 aliphatic rings. The van der Waals surface area contributed by atoms with Crippen LogP contribution in [0, 0.1) is 17.5 Å². The van der Waals surface area contributed by atoms with E-state index in [2.05, 4.69) is 10.0 Å². The fourth-order valence-corrected chi connectivity index (χ4v) is 5.07. The van der Waals surface area contributed by atoms with Gasteiger partial charge in [-0.05, 0) is 23.7 Å². The Kier molecular flexibility index (Phi) is 6.14. The highest BCUT2D eigenvalue weighted by Gasteiger charge is 2.32. The molecule has 11 heteroatoms. The maximum absolute atomic E-state index is 15.7. The lowest BCUT2D eigenvalue weighted by Gasteiger charge is -2.20. The second-order valence-corrected chi connectivity index (χ2v) is 9.25. The van der Waals surface area contributed by atoms with Gasteiger partial charge in [-0.15, -0.1) is 11.3 Å². The highest BCUT2D eigenvalue weighted by Crippen LogP contribution is 2.48. The number of anilines is 1. The molecule has 1 aliphatic heterocycles. The van der Waals surface area contributed by atoms with Gasteiger partial charge in [0.05, 0.1) is 0 Å². The van der Waals surface area contributed by atoms with E-state index in [0.717, 1.165) is 11.0 Å². The summed E-state index contributed by atoms with van der Waals surface area (Å²) in [6.07, 6.45) is 0. The lowest BCUT2D eigenvalue weighted by atomic mass is 9.90. The first-order valence-electron chi connectivity index (χ1n) is 10.2. The average Bonchev–Trinajstić information content (AvgIpc) is 2.81. The molecule has 2 aromatic carbocycles. The van der Waals surface area contributed by atoms with Gasteiger partial charge in [-0.2, -0.15) is 0 Å². The van der Waals surface area contributed by atoms with E-state index >= 15 is 4.39 Å². The third-order valence-corrected chi connectivity index (χ3v) is 6.74. The molecular weight excluding hydrogens is 479 g/mol. The quantitative estimate of drug-likeness (QED) is 0.0959. The van der Waals surface area contributed by atoms with Crippen molar-refractivity contribution >= 4 is 38.8 Å². The Morgan fingerprint density at radius 3 is 2.37 bits per heavy atom. The van der Waals surface area contributed by atoms with Crippen molar-refractivity contribution in [2.45, 2.75) is 0 Å². The lowest BCUT2D eigenvalue weighted by Crippen LogP contribution is -2.21. The number of carbonyl (C=O) groups is 1. The summed E-state index contributed by atoms with van der Waals surface area (Å²) in [4.78, 5) is 17.0. The number of carboxylic acids is 1. The third-order valence-electron chi connectivity index (χ3n) is 5.63. The predicted molar refractivity (Wildman–Crippen MR) is 131 cm³/mol. The van der Waals surface area contributed by atoms with Gasteiger partial charge in [-0.1, -0.05) is 11.2 Å². The van der Waals surface area contributed by atoms with E-state index < -0.39 is 40.2 Å². The number of azide groups is 1. The van der Waals surface area contributed by atoms with Gasteiger partial charge in [0.2, 0.25) is 5.36 Å². The van der Waals surface area contributed by atoms with E-state index in [1.165, 1.54) is 11.3 Å². The molecule has 178 valence electrons. The van der Waals surface area contributed by atoms with E-state index in [4.69, 9.17) is 5.53 Å². The van der Waals surface area contributed by atoms with Crippen LogP contribution in [0.2, 0.25) is 0 Å². The van der Waals surface area contributed by atoms with Crippen molar-refractivity contribution in [3.63, 3.8) is 0 Å². The predicted octanol–water partition coefficient (Wildman–Crippen LogP) is 5.83. The van der Waals surface area contributed by atoms with Crippen LogP contribution in [-0.2, 0) is 0 Å². The summed E-state index contributed by atoms with van der Waals surface area (Å²) >= 11 is 1.39. The summed E-state index contributed by atoms with van der Waals surface area (Å²) in [5.41, 5.74) is 7.03. The van der Waals surface area contributed by atoms with Crippen molar-refractivity contribution < 1.29 is 23.1 Å². The molecule has 0 unspecified atom stereocenters. The number of hydrogen-bond acceptors (Lipinski definition) is 4. The number of halogens is 3. The Morgan fingerprint density at radius 1 is 1.06 bits per heavy atom.